The molecular weight excluding hydrogens is 526 g/mol. The highest BCUT2D eigenvalue weighted by molar-refractivity contribution is 8.13. The molecule has 0 aromatic heterocycles. The molecule has 1 saturated heterocycles. The van der Waals surface area contributed by atoms with Crippen LogP contribution in [0.15, 0.2) is 35.7 Å². The van der Waals surface area contributed by atoms with Crippen LogP contribution in [-0.4, -0.2) is 64.2 Å². The van der Waals surface area contributed by atoms with Crippen molar-refractivity contribution in [3.63, 3.8) is 0 Å². The fourth-order valence-corrected chi connectivity index (χ4v) is 4.30. The topological polar surface area (TPSA) is 181 Å². The average molecular weight is 552 g/mol. The molecule has 0 spiro atoms. The summed E-state index contributed by atoms with van der Waals surface area (Å²) in [4.78, 5) is 73.1. The number of esters is 1. The SMILES string of the molecule is COC(=O)OC(C)=C(C(=O)OCc1ccc([N+](=O)[O-])cc1)N1C(=O)C(NC(C)=O)C1SC(=O)OCC1CC1. The van der Waals surface area contributed by atoms with E-state index in [1.807, 2.05) is 0 Å². The molecule has 0 bridgehead atoms. The number of nitro groups is 1. The predicted octanol–water partition coefficient (Wildman–Crippen LogP) is 2.61. The first-order chi connectivity index (χ1) is 18.0. The number of β-lactam (4-membered cyclic amide) rings is 1. The Morgan fingerprint density at radius 2 is 1.79 bits per heavy atom. The number of benzene rings is 1. The van der Waals surface area contributed by atoms with Gasteiger partial charge in [0.05, 0.1) is 18.6 Å². The second-order valence-electron chi connectivity index (χ2n) is 8.36. The van der Waals surface area contributed by atoms with Crippen molar-refractivity contribution in [2.75, 3.05) is 13.7 Å². The molecule has 14 nitrogen and oxygen atoms in total. The molecule has 1 aromatic rings. The molecule has 204 valence electrons. The van der Waals surface area contributed by atoms with Gasteiger partial charge in [0.2, 0.25) is 5.91 Å². The zero-order chi connectivity index (χ0) is 28.0. The minimum Gasteiger partial charge on any atom is -0.457 e. The zero-order valence-electron chi connectivity index (χ0n) is 20.7. The minimum atomic E-state index is -1.18. The van der Waals surface area contributed by atoms with Gasteiger partial charge in [-0.05, 0) is 55.1 Å². The van der Waals surface area contributed by atoms with Gasteiger partial charge in [0.25, 0.3) is 11.6 Å². The Balaban J connectivity index is 1.84. The van der Waals surface area contributed by atoms with E-state index in [2.05, 4.69) is 10.1 Å². The van der Waals surface area contributed by atoms with Crippen LogP contribution in [0.25, 0.3) is 0 Å². The fourth-order valence-electron chi connectivity index (χ4n) is 3.34. The van der Waals surface area contributed by atoms with E-state index in [1.165, 1.54) is 38.1 Å². The third kappa shape index (κ3) is 7.21. The van der Waals surface area contributed by atoms with Gasteiger partial charge >= 0.3 is 17.4 Å². The predicted molar refractivity (Wildman–Crippen MR) is 129 cm³/mol. The molecule has 1 heterocycles. The minimum absolute atomic E-state index is 0.161. The Bertz CT molecular complexity index is 1160. The number of ether oxygens (including phenoxy) is 4. The number of hydrogen-bond donors (Lipinski definition) is 1. The maximum atomic E-state index is 13.1. The summed E-state index contributed by atoms with van der Waals surface area (Å²) in [5.74, 6) is -2.49. The first-order valence-corrected chi connectivity index (χ1v) is 12.2. The van der Waals surface area contributed by atoms with Gasteiger partial charge in [0.1, 0.15) is 23.8 Å². The number of carbonyl (C=O) groups is 5. The van der Waals surface area contributed by atoms with Crippen molar-refractivity contribution in [2.24, 2.45) is 5.92 Å². The standard InChI is InChI=1S/C23H25N3O11S/c1-12(37-22(30)34-3)18(21(29)35-10-15-6-8-16(9-7-15)26(32)33)25-19(28)17(24-13(2)27)20(25)38-23(31)36-11-14-4-5-14/h6-9,14,17,20H,4-5,10-11H2,1-3H3,(H,24,27). The van der Waals surface area contributed by atoms with E-state index in [0.717, 1.165) is 24.9 Å². The first-order valence-electron chi connectivity index (χ1n) is 11.3. The maximum absolute atomic E-state index is 13.1. The lowest BCUT2D eigenvalue weighted by Crippen LogP contribution is -2.69. The van der Waals surface area contributed by atoms with Gasteiger partial charge < -0.3 is 24.3 Å². The van der Waals surface area contributed by atoms with Crippen LogP contribution in [0.1, 0.15) is 32.3 Å². The lowest BCUT2D eigenvalue weighted by Gasteiger charge is -2.46. The van der Waals surface area contributed by atoms with E-state index in [9.17, 15) is 34.1 Å². The van der Waals surface area contributed by atoms with E-state index in [4.69, 9.17) is 14.2 Å². The van der Waals surface area contributed by atoms with Crippen molar-refractivity contribution in [2.45, 2.75) is 44.7 Å². The molecule has 38 heavy (non-hydrogen) atoms. The summed E-state index contributed by atoms with van der Waals surface area (Å²) >= 11 is 0.576. The first kappa shape index (κ1) is 28.4. The third-order valence-electron chi connectivity index (χ3n) is 5.44. The molecule has 2 unspecified atom stereocenters. The molecule has 0 radical (unpaired) electrons. The number of non-ortho nitro benzene ring substituents is 1. The number of likely N-dealkylation sites (tertiary alicyclic amines) is 1. The van der Waals surface area contributed by atoms with Crippen LogP contribution >= 0.6 is 11.8 Å². The van der Waals surface area contributed by atoms with Crippen molar-refractivity contribution < 1.29 is 47.8 Å². The van der Waals surface area contributed by atoms with Gasteiger partial charge in [-0.25, -0.2) is 14.4 Å². The molecule has 15 heteroatoms. The smallest absolute Gasteiger partial charge is 0.457 e. The number of methoxy groups -OCH3 is 1. The lowest BCUT2D eigenvalue weighted by molar-refractivity contribution is -0.384. The van der Waals surface area contributed by atoms with Crippen LogP contribution in [0.5, 0.6) is 0 Å². The highest BCUT2D eigenvalue weighted by Gasteiger charge is 2.54. The number of carbonyl (C=O) groups excluding carboxylic acids is 5. The van der Waals surface area contributed by atoms with Crippen LogP contribution in [0.3, 0.4) is 0 Å². The highest BCUT2D eigenvalue weighted by Crippen LogP contribution is 2.37. The van der Waals surface area contributed by atoms with Gasteiger partial charge in [-0.3, -0.25) is 24.6 Å². The lowest BCUT2D eigenvalue weighted by atomic mass is 10.1. The summed E-state index contributed by atoms with van der Waals surface area (Å²) in [6.07, 6.45) is 0.707. The van der Waals surface area contributed by atoms with Crippen molar-refractivity contribution in [1.82, 2.24) is 10.2 Å². The summed E-state index contributed by atoms with van der Waals surface area (Å²) in [6, 6.07) is 4.03. The molecule has 2 atom stereocenters. The van der Waals surface area contributed by atoms with Gasteiger partial charge in [-0.15, -0.1) is 0 Å². The number of hydrogen-bond acceptors (Lipinski definition) is 12. The van der Waals surface area contributed by atoms with Crippen molar-refractivity contribution in [3.8, 4) is 0 Å². The summed E-state index contributed by atoms with van der Waals surface area (Å²) in [5.41, 5.74) is -0.265. The summed E-state index contributed by atoms with van der Waals surface area (Å²) in [5, 5.41) is 11.4. The van der Waals surface area contributed by atoms with Crippen LogP contribution in [0.4, 0.5) is 15.3 Å². The number of thioether (sulfide) groups is 1. The average Bonchev–Trinajstić information content (AvgIpc) is 3.71. The molecule has 1 saturated carbocycles. The van der Waals surface area contributed by atoms with E-state index in [-0.39, 0.29) is 30.6 Å². The Hall–Kier alpha value is -4.14. The Morgan fingerprint density at radius 3 is 2.34 bits per heavy atom. The highest BCUT2D eigenvalue weighted by atomic mass is 32.2. The monoisotopic (exact) mass is 551 g/mol. The van der Waals surface area contributed by atoms with Crippen LogP contribution in [-0.2, 0) is 39.9 Å². The summed E-state index contributed by atoms with van der Waals surface area (Å²) in [6.45, 7) is 2.27. The molecular formula is C23H25N3O11S. The maximum Gasteiger partial charge on any atom is 0.513 e. The van der Waals surface area contributed by atoms with Crippen molar-refractivity contribution in [3.05, 3.63) is 51.4 Å². The van der Waals surface area contributed by atoms with E-state index >= 15 is 0 Å². The van der Waals surface area contributed by atoms with Crippen LogP contribution < -0.4 is 5.32 Å². The molecule has 1 aliphatic heterocycles. The number of nitrogens with zero attached hydrogens (tertiary/aromatic N) is 2. The van der Waals surface area contributed by atoms with E-state index < -0.39 is 51.3 Å². The van der Waals surface area contributed by atoms with E-state index in [0.29, 0.717) is 17.3 Å². The Labute approximate surface area is 220 Å². The second-order valence-corrected chi connectivity index (χ2v) is 9.41. The fraction of sp³-hybridized carbons (Fsp3) is 0.435. The molecule has 1 aliphatic carbocycles. The number of allylic oxidation sites excluding steroid dienone is 1. The quantitative estimate of drug-likeness (QED) is 0.0855. The molecule has 2 fully saturated rings. The zero-order valence-corrected chi connectivity index (χ0v) is 21.5. The largest absolute Gasteiger partial charge is 0.513 e. The normalized spacial score (nSPS) is 18.9. The van der Waals surface area contributed by atoms with Gasteiger partial charge in [0, 0.05) is 19.1 Å². The summed E-state index contributed by atoms with van der Waals surface area (Å²) < 4.78 is 19.9. The Morgan fingerprint density at radius 1 is 1.13 bits per heavy atom. The van der Waals surface area contributed by atoms with Crippen molar-refractivity contribution in [1.29, 1.82) is 0 Å². The van der Waals surface area contributed by atoms with Crippen molar-refractivity contribution >= 4 is 46.7 Å². The molecule has 1 aromatic carbocycles. The molecule has 2 amide bonds. The van der Waals surface area contributed by atoms with E-state index in [1.54, 1.807) is 0 Å². The van der Waals surface area contributed by atoms with Gasteiger partial charge in [-0.1, -0.05) is 0 Å². The van der Waals surface area contributed by atoms with Gasteiger partial charge in [-0.2, -0.15) is 0 Å². The molecule has 1 N–H and O–H groups in total. The van der Waals surface area contributed by atoms with Crippen LogP contribution in [0, 0.1) is 16.0 Å². The Kier molecular flexibility index (Phi) is 9.28. The van der Waals surface area contributed by atoms with Crippen LogP contribution in [0.2, 0.25) is 0 Å². The number of nitrogens with one attached hydrogen (secondary N) is 1. The van der Waals surface area contributed by atoms with Gasteiger partial charge in [0.15, 0.2) is 5.70 Å². The number of amides is 2. The summed E-state index contributed by atoms with van der Waals surface area (Å²) in [7, 11) is 1.04. The third-order valence-corrected chi connectivity index (χ3v) is 6.48. The number of rotatable bonds is 10. The number of nitro benzene ring substituents is 1. The molecule has 3 rings (SSSR count). The second kappa shape index (κ2) is 12.4. The molecule has 2 aliphatic rings.